The molecule has 1 aromatic heterocycles. The van der Waals surface area contributed by atoms with Crippen LogP contribution in [-0.2, 0) is 5.41 Å². The zero-order valence-electron chi connectivity index (χ0n) is 11.6. The highest BCUT2D eigenvalue weighted by Crippen LogP contribution is 2.30. The SMILES string of the molecule is Cc1ccc(Sc2cc(Br)nc(C(C)(C)C)n2)cc1. The predicted octanol–water partition coefficient (Wildman–Crippen LogP) is 5.00. The average molecular weight is 337 g/mol. The smallest absolute Gasteiger partial charge is 0.136 e. The molecule has 0 saturated heterocycles. The van der Waals surface area contributed by atoms with Gasteiger partial charge in [-0.2, -0.15) is 0 Å². The van der Waals surface area contributed by atoms with Crippen LogP contribution in [0, 0.1) is 6.92 Å². The Morgan fingerprint density at radius 3 is 2.26 bits per heavy atom. The van der Waals surface area contributed by atoms with E-state index in [4.69, 9.17) is 0 Å². The number of benzene rings is 1. The summed E-state index contributed by atoms with van der Waals surface area (Å²) in [6.07, 6.45) is 0. The molecule has 0 bridgehead atoms. The van der Waals surface area contributed by atoms with Crippen LogP contribution in [0.3, 0.4) is 0 Å². The fourth-order valence-electron chi connectivity index (χ4n) is 1.51. The zero-order chi connectivity index (χ0) is 14.0. The number of halogens is 1. The van der Waals surface area contributed by atoms with E-state index in [0.29, 0.717) is 0 Å². The molecule has 0 aliphatic carbocycles. The van der Waals surface area contributed by atoms with Gasteiger partial charge in [0.1, 0.15) is 15.5 Å². The van der Waals surface area contributed by atoms with E-state index < -0.39 is 0 Å². The van der Waals surface area contributed by atoms with Crippen LogP contribution in [0.15, 0.2) is 44.9 Å². The van der Waals surface area contributed by atoms with Crippen molar-refractivity contribution in [2.45, 2.75) is 43.0 Å². The number of aromatic nitrogens is 2. The van der Waals surface area contributed by atoms with Crippen molar-refractivity contribution < 1.29 is 0 Å². The van der Waals surface area contributed by atoms with Gasteiger partial charge in [-0.05, 0) is 35.0 Å². The van der Waals surface area contributed by atoms with Gasteiger partial charge in [0, 0.05) is 16.4 Å². The molecule has 0 amide bonds. The first kappa shape index (κ1) is 14.5. The van der Waals surface area contributed by atoms with Crippen molar-refractivity contribution in [3.63, 3.8) is 0 Å². The molecule has 0 spiro atoms. The summed E-state index contributed by atoms with van der Waals surface area (Å²) in [5.74, 6) is 0.858. The van der Waals surface area contributed by atoms with Crippen LogP contribution < -0.4 is 0 Å². The number of hydrogen-bond donors (Lipinski definition) is 0. The molecule has 100 valence electrons. The van der Waals surface area contributed by atoms with Gasteiger partial charge < -0.3 is 0 Å². The third-order valence-electron chi connectivity index (χ3n) is 2.59. The van der Waals surface area contributed by atoms with Gasteiger partial charge in [-0.3, -0.25) is 0 Å². The van der Waals surface area contributed by atoms with Crippen LogP contribution in [-0.4, -0.2) is 9.97 Å². The summed E-state index contributed by atoms with van der Waals surface area (Å²) >= 11 is 5.13. The summed E-state index contributed by atoms with van der Waals surface area (Å²) in [6, 6.07) is 10.4. The predicted molar refractivity (Wildman–Crippen MR) is 83.7 cm³/mol. The first-order valence-electron chi connectivity index (χ1n) is 6.14. The maximum absolute atomic E-state index is 4.64. The first-order chi connectivity index (χ1) is 8.84. The van der Waals surface area contributed by atoms with E-state index in [-0.39, 0.29) is 5.41 Å². The van der Waals surface area contributed by atoms with Crippen molar-refractivity contribution in [1.82, 2.24) is 9.97 Å². The van der Waals surface area contributed by atoms with Gasteiger partial charge in [-0.25, -0.2) is 9.97 Å². The van der Waals surface area contributed by atoms with E-state index in [1.807, 2.05) is 6.07 Å². The topological polar surface area (TPSA) is 25.8 Å². The van der Waals surface area contributed by atoms with Gasteiger partial charge in [-0.1, -0.05) is 50.2 Å². The largest absolute Gasteiger partial charge is 0.226 e. The normalized spacial score (nSPS) is 11.6. The number of aryl methyl sites for hydroxylation is 1. The van der Waals surface area contributed by atoms with Crippen LogP contribution in [0.25, 0.3) is 0 Å². The molecular weight excluding hydrogens is 320 g/mol. The lowest BCUT2D eigenvalue weighted by Crippen LogP contribution is -2.16. The Morgan fingerprint density at radius 2 is 1.68 bits per heavy atom. The molecule has 0 N–H and O–H groups in total. The minimum Gasteiger partial charge on any atom is -0.226 e. The molecule has 4 heteroatoms. The summed E-state index contributed by atoms with van der Waals surface area (Å²) in [4.78, 5) is 10.3. The highest BCUT2D eigenvalue weighted by molar-refractivity contribution is 9.10. The number of hydrogen-bond acceptors (Lipinski definition) is 3. The highest BCUT2D eigenvalue weighted by Gasteiger charge is 2.18. The maximum atomic E-state index is 4.64. The summed E-state index contributed by atoms with van der Waals surface area (Å²) in [7, 11) is 0. The Kier molecular flexibility index (Phi) is 4.31. The molecule has 0 fully saturated rings. The molecule has 0 radical (unpaired) electrons. The van der Waals surface area contributed by atoms with Gasteiger partial charge in [0.05, 0.1) is 0 Å². The Bertz CT molecular complexity index is 574. The molecule has 0 aliphatic rings. The monoisotopic (exact) mass is 336 g/mol. The molecule has 2 rings (SSSR count). The fraction of sp³-hybridized carbons (Fsp3) is 0.333. The van der Waals surface area contributed by atoms with Crippen LogP contribution in [0.4, 0.5) is 0 Å². The molecule has 0 atom stereocenters. The van der Waals surface area contributed by atoms with Crippen LogP contribution in [0.1, 0.15) is 32.2 Å². The van der Waals surface area contributed by atoms with Crippen LogP contribution in [0.5, 0.6) is 0 Å². The molecule has 2 aromatic rings. The fourth-order valence-corrected chi connectivity index (χ4v) is 2.86. The van der Waals surface area contributed by atoms with E-state index in [1.165, 1.54) is 10.5 Å². The second kappa shape index (κ2) is 5.63. The van der Waals surface area contributed by atoms with Crippen molar-refractivity contribution >= 4 is 27.7 Å². The molecule has 19 heavy (non-hydrogen) atoms. The minimum absolute atomic E-state index is 0.0492. The first-order valence-corrected chi connectivity index (χ1v) is 7.75. The quantitative estimate of drug-likeness (QED) is 0.722. The third kappa shape index (κ3) is 4.05. The average Bonchev–Trinajstić information content (AvgIpc) is 2.30. The Hall–Kier alpha value is -0.870. The van der Waals surface area contributed by atoms with Gasteiger partial charge in [0.25, 0.3) is 0 Å². The van der Waals surface area contributed by atoms with E-state index in [1.54, 1.807) is 11.8 Å². The van der Waals surface area contributed by atoms with E-state index in [0.717, 1.165) is 15.5 Å². The van der Waals surface area contributed by atoms with Crippen molar-refractivity contribution in [3.8, 4) is 0 Å². The molecular formula is C15H17BrN2S. The Labute approximate surface area is 127 Å². The van der Waals surface area contributed by atoms with Crippen molar-refractivity contribution in [2.75, 3.05) is 0 Å². The van der Waals surface area contributed by atoms with Crippen molar-refractivity contribution in [2.24, 2.45) is 0 Å². The van der Waals surface area contributed by atoms with Gasteiger partial charge in [0.2, 0.25) is 0 Å². The Morgan fingerprint density at radius 1 is 1.05 bits per heavy atom. The molecule has 1 heterocycles. The second-order valence-corrected chi connectivity index (χ2v) is 7.42. The van der Waals surface area contributed by atoms with E-state index in [2.05, 4.69) is 77.9 Å². The van der Waals surface area contributed by atoms with Crippen molar-refractivity contribution in [1.29, 1.82) is 0 Å². The Balaban J connectivity index is 2.30. The van der Waals surface area contributed by atoms with E-state index in [9.17, 15) is 0 Å². The zero-order valence-corrected chi connectivity index (χ0v) is 14.0. The lowest BCUT2D eigenvalue weighted by Gasteiger charge is -2.17. The number of rotatable bonds is 2. The standard InChI is InChI=1S/C15H17BrN2S/c1-10-5-7-11(8-6-10)19-13-9-12(16)17-14(18-13)15(2,3)4/h5-9H,1-4H3. The van der Waals surface area contributed by atoms with Gasteiger partial charge in [0.15, 0.2) is 0 Å². The van der Waals surface area contributed by atoms with Crippen molar-refractivity contribution in [3.05, 3.63) is 46.3 Å². The molecule has 0 unspecified atom stereocenters. The molecule has 2 nitrogen and oxygen atoms in total. The van der Waals surface area contributed by atoms with Gasteiger partial charge in [-0.15, -0.1) is 0 Å². The molecule has 0 saturated carbocycles. The minimum atomic E-state index is -0.0492. The highest BCUT2D eigenvalue weighted by atomic mass is 79.9. The number of nitrogens with zero attached hydrogens (tertiary/aromatic N) is 2. The summed E-state index contributed by atoms with van der Waals surface area (Å²) in [5.41, 5.74) is 1.22. The molecule has 1 aromatic carbocycles. The van der Waals surface area contributed by atoms with Gasteiger partial charge >= 0.3 is 0 Å². The third-order valence-corrected chi connectivity index (χ3v) is 3.92. The van der Waals surface area contributed by atoms with E-state index >= 15 is 0 Å². The van der Waals surface area contributed by atoms with Crippen LogP contribution in [0.2, 0.25) is 0 Å². The summed E-state index contributed by atoms with van der Waals surface area (Å²) in [6.45, 7) is 8.45. The maximum Gasteiger partial charge on any atom is 0.136 e. The molecule has 0 aliphatic heterocycles. The summed E-state index contributed by atoms with van der Waals surface area (Å²) < 4.78 is 0.835. The summed E-state index contributed by atoms with van der Waals surface area (Å²) in [5, 5.41) is 0.968. The van der Waals surface area contributed by atoms with Crippen LogP contribution >= 0.6 is 27.7 Å². The lowest BCUT2D eigenvalue weighted by atomic mass is 9.96. The second-order valence-electron chi connectivity index (χ2n) is 5.52. The lowest BCUT2D eigenvalue weighted by molar-refractivity contribution is 0.536.